The Kier molecular flexibility index (Phi) is 4.85. The zero-order valence-electron chi connectivity index (χ0n) is 10.1. The van der Waals surface area contributed by atoms with Gasteiger partial charge in [-0.05, 0) is 42.9 Å². The summed E-state index contributed by atoms with van der Waals surface area (Å²) in [6.45, 7) is 0. The Morgan fingerprint density at radius 3 is 2.47 bits per heavy atom. The molecule has 2 rings (SSSR count). The molecule has 0 radical (unpaired) electrons. The van der Waals surface area contributed by atoms with Crippen molar-refractivity contribution < 1.29 is 4.39 Å². The van der Waals surface area contributed by atoms with E-state index < -0.39 is 0 Å². The van der Waals surface area contributed by atoms with Gasteiger partial charge >= 0.3 is 0 Å². The van der Waals surface area contributed by atoms with E-state index in [1.807, 2.05) is 6.07 Å². The molecule has 2 aromatic rings. The summed E-state index contributed by atoms with van der Waals surface area (Å²) >= 11 is 15.3. The van der Waals surface area contributed by atoms with Crippen molar-refractivity contribution in [3.8, 4) is 0 Å². The molecule has 0 amide bonds. The number of rotatable bonds is 3. The molecule has 5 heteroatoms. The molecule has 0 fully saturated rings. The van der Waals surface area contributed by atoms with E-state index in [4.69, 9.17) is 23.2 Å². The summed E-state index contributed by atoms with van der Waals surface area (Å²) in [4.78, 5) is 0. The van der Waals surface area contributed by atoms with E-state index in [1.165, 1.54) is 6.07 Å². The predicted molar refractivity (Wildman–Crippen MR) is 81.5 cm³/mol. The van der Waals surface area contributed by atoms with Crippen LogP contribution in [0.2, 0.25) is 10.0 Å². The zero-order chi connectivity index (χ0) is 14.0. The van der Waals surface area contributed by atoms with Gasteiger partial charge in [0.1, 0.15) is 5.82 Å². The van der Waals surface area contributed by atoms with Crippen molar-refractivity contribution in [1.82, 2.24) is 5.32 Å². The second-order valence-electron chi connectivity index (χ2n) is 4.06. The highest BCUT2D eigenvalue weighted by Gasteiger charge is 2.17. The van der Waals surface area contributed by atoms with Gasteiger partial charge in [0, 0.05) is 10.0 Å². The molecule has 0 bridgehead atoms. The first-order valence-electron chi connectivity index (χ1n) is 5.60. The summed E-state index contributed by atoms with van der Waals surface area (Å²) in [6, 6.07) is 9.84. The van der Waals surface area contributed by atoms with E-state index in [2.05, 4.69) is 21.2 Å². The summed E-state index contributed by atoms with van der Waals surface area (Å²) in [7, 11) is 1.77. The Labute approximate surface area is 129 Å². The van der Waals surface area contributed by atoms with Crippen LogP contribution in [-0.2, 0) is 0 Å². The second-order valence-corrected chi connectivity index (χ2v) is 5.79. The molecule has 100 valence electrons. The lowest BCUT2D eigenvalue weighted by Crippen LogP contribution is -2.19. The van der Waals surface area contributed by atoms with E-state index in [0.29, 0.717) is 15.6 Å². The first-order valence-corrected chi connectivity index (χ1v) is 7.15. The van der Waals surface area contributed by atoms with Crippen LogP contribution in [0.4, 0.5) is 4.39 Å². The minimum atomic E-state index is -0.285. The average molecular weight is 363 g/mol. The minimum absolute atomic E-state index is 0.270. The summed E-state index contributed by atoms with van der Waals surface area (Å²) in [5, 5.41) is 4.02. The van der Waals surface area contributed by atoms with Crippen molar-refractivity contribution in [2.45, 2.75) is 6.04 Å². The van der Waals surface area contributed by atoms with Crippen LogP contribution >= 0.6 is 39.1 Å². The number of benzene rings is 2. The lowest BCUT2D eigenvalue weighted by atomic mass is 9.98. The fourth-order valence-electron chi connectivity index (χ4n) is 1.93. The van der Waals surface area contributed by atoms with Crippen LogP contribution in [0.1, 0.15) is 17.2 Å². The number of hydrogen-bond acceptors (Lipinski definition) is 1. The third-order valence-electron chi connectivity index (χ3n) is 2.83. The molecule has 0 heterocycles. The molecule has 1 atom stereocenters. The molecule has 19 heavy (non-hydrogen) atoms. The minimum Gasteiger partial charge on any atom is -0.309 e. The third-order valence-corrected chi connectivity index (χ3v) is 4.07. The highest BCUT2D eigenvalue weighted by molar-refractivity contribution is 9.10. The summed E-state index contributed by atoms with van der Waals surface area (Å²) in [5.74, 6) is -0.270. The molecule has 1 N–H and O–H groups in total. The van der Waals surface area contributed by atoms with Gasteiger partial charge < -0.3 is 5.32 Å². The van der Waals surface area contributed by atoms with Gasteiger partial charge in [-0.2, -0.15) is 0 Å². The molecule has 2 aromatic carbocycles. The molecule has 0 aliphatic heterocycles. The van der Waals surface area contributed by atoms with Gasteiger partial charge in [0.15, 0.2) is 0 Å². The molecule has 0 saturated heterocycles. The fourth-order valence-corrected chi connectivity index (χ4v) is 2.61. The molecule has 1 nitrogen and oxygen atoms in total. The van der Waals surface area contributed by atoms with Crippen LogP contribution in [0.3, 0.4) is 0 Å². The van der Waals surface area contributed by atoms with E-state index >= 15 is 0 Å². The van der Waals surface area contributed by atoms with Crippen molar-refractivity contribution in [3.05, 3.63) is 67.9 Å². The first-order chi connectivity index (χ1) is 9.02. The van der Waals surface area contributed by atoms with E-state index in [-0.39, 0.29) is 11.9 Å². The van der Waals surface area contributed by atoms with Crippen LogP contribution in [0, 0.1) is 5.82 Å². The molecule has 0 spiro atoms. The van der Waals surface area contributed by atoms with Crippen molar-refractivity contribution in [2.75, 3.05) is 7.05 Å². The molecule has 0 aliphatic rings. The van der Waals surface area contributed by atoms with Gasteiger partial charge in [-0.15, -0.1) is 0 Å². The highest BCUT2D eigenvalue weighted by Crippen LogP contribution is 2.31. The summed E-state index contributed by atoms with van der Waals surface area (Å²) in [5.41, 5.74) is 1.41. The second kappa shape index (κ2) is 6.23. The van der Waals surface area contributed by atoms with Gasteiger partial charge in [-0.3, -0.25) is 0 Å². The molecule has 0 saturated carbocycles. The Balaban J connectivity index is 2.49. The lowest BCUT2D eigenvalue weighted by molar-refractivity contribution is 0.576. The number of halogens is 4. The van der Waals surface area contributed by atoms with Crippen molar-refractivity contribution in [2.24, 2.45) is 0 Å². The third kappa shape index (κ3) is 3.29. The molecular weight excluding hydrogens is 352 g/mol. The Bertz CT molecular complexity index is 604. The summed E-state index contributed by atoms with van der Waals surface area (Å²) in [6.07, 6.45) is 0. The smallest absolute Gasteiger partial charge is 0.128 e. The predicted octanol–water partition coefficient (Wildman–Crippen LogP) is 5.20. The Morgan fingerprint density at radius 1 is 1.11 bits per heavy atom. The SMILES string of the molecule is CNC(c1ccc(Cl)c(Cl)c1)c1cc(Br)ccc1F. The Morgan fingerprint density at radius 2 is 1.84 bits per heavy atom. The quantitative estimate of drug-likeness (QED) is 0.790. The number of nitrogens with one attached hydrogen (secondary N) is 1. The van der Waals surface area contributed by atoms with Gasteiger partial charge in [0.05, 0.1) is 16.1 Å². The van der Waals surface area contributed by atoms with Gasteiger partial charge in [0.25, 0.3) is 0 Å². The molecule has 0 aliphatic carbocycles. The van der Waals surface area contributed by atoms with Crippen LogP contribution in [0.25, 0.3) is 0 Å². The van der Waals surface area contributed by atoms with Gasteiger partial charge in [-0.1, -0.05) is 45.2 Å². The average Bonchev–Trinajstić information content (AvgIpc) is 2.38. The maximum absolute atomic E-state index is 14.0. The van der Waals surface area contributed by atoms with Crippen molar-refractivity contribution in [3.63, 3.8) is 0 Å². The van der Waals surface area contributed by atoms with Crippen LogP contribution in [-0.4, -0.2) is 7.05 Å². The molecule has 0 aromatic heterocycles. The largest absolute Gasteiger partial charge is 0.309 e. The van der Waals surface area contributed by atoms with Gasteiger partial charge in [-0.25, -0.2) is 4.39 Å². The maximum atomic E-state index is 14.0. The molecular formula is C14H11BrCl2FN. The maximum Gasteiger partial charge on any atom is 0.128 e. The van der Waals surface area contributed by atoms with E-state index in [9.17, 15) is 4.39 Å². The molecule has 1 unspecified atom stereocenters. The van der Waals surface area contributed by atoms with Crippen molar-refractivity contribution >= 4 is 39.1 Å². The lowest BCUT2D eigenvalue weighted by Gasteiger charge is -2.18. The van der Waals surface area contributed by atoms with Crippen molar-refractivity contribution in [1.29, 1.82) is 0 Å². The van der Waals surface area contributed by atoms with Crippen LogP contribution in [0.15, 0.2) is 40.9 Å². The van der Waals surface area contributed by atoms with Crippen LogP contribution in [0.5, 0.6) is 0 Å². The van der Waals surface area contributed by atoms with E-state index in [1.54, 1.807) is 31.3 Å². The number of hydrogen-bond donors (Lipinski definition) is 1. The standard InChI is InChI=1S/C14H11BrCl2FN/c1-19-14(8-2-4-11(16)12(17)6-8)10-7-9(15)3-5-13(10)18/h2-7,14,19H,1H3. The summed E-state index contributed by atoms with van der Waals surface area (Å²) < 4.78 is 14.8. The van der Waals surface area contributed by atoms with Gasteiger partial charge in [0.2, 0.25) is 0 Å². The monoisotopic (exact) mass is 361 g/mol. The van der Waals surface area contributed by atoms with E-state index in [0.717, 1.165) is 10.0 Å². The first kappa shape index (κ1) is 14.8. The van der Waals surface area contributed by atoms with Crippen LogP contribution < -0.4 is 5.32 Å². The fraction of sp³-hybridized carbons (Fsp3) is 0.143. The Hall–Kier alpha value is -0.610. The zero-order valence-corrected chi connectivity index (χ0v) is 13.2. The normalized spacial score (nSPS) is 12.5. The highest BCUT2D eigenvalue weighted by atomic mass is 79.9. The topological polar surface area (TPSA) is 12.0 Å².